The quantitative estimate of drug-likeness (QED) is 0.673. The molecule has 1 aliphatic heterocycles. The molecular weight excluding hydrogens is 254 g/mol. The van der Waals surface area contributed by atoms with Gasteiger partial charge in [-0.05, 0) is 18.6 Å². The molecule has 1 heterocycles. The zero-order valence-corrected chi connectivity index (χ0v) is 11.1. The molecule has 0 bridgehead atoms. The van der Waals surface area contributed by atoms with Crippen molar-refractivity contribution in [2.24, 2.45) is 0 Å². The SMILES string of the molecule is COC(=O)CC[C@@H]1Sc2ccccc2NC1=S. The maximum Gasteiger partial charge on any atom is 0.305 e. The minimum absolute atomic E-state index is 0.152. The second-order valence-corrected chi connectivity index (χ2v) is 5.39. The molecule has 0 radical (unpaired) electrons. The zero-order chi connectivity index (χ0) is 12.3. The van der Waals surface area contributed by atoms with Crippen LogP contribution < -0.4 is 5.32 Å². The van der Waals surface area contributed by atoms with E-state index in [2.05, 4.69) is 16.1 Å². The highest BCUT2D eigenvalue weighted by atomic mass is 32.2. The lowest BCUT2D eigenvalue weighted by atomic mass is 10.2. The topological polar surface area (TPSA) is 38.3 Å². The van der Waals surface area contributed by atoms with Crippen LogP contribution in [0.4, 0.5) is 5.69 Å². The van der Waals surface area contributed by atoms with Crippen molar-refractivity contribution in [2.75, 3.05) is 12.4 Å². The van der Waals surface area contributed by atoms with Gasteiger partial charge in [0, 0.05) is 11.3 Å². The average Bonchev–Trinajstić information content (AvgIpc) is 2.35. The number of hydrogen-bond acceptors (Lipinski definition) is 4. The third kappa shape index (κ3) is 2.98. The van der Waals surface area contributed by atoms with E-state index in [0.717, 1.165) is 10.7 Å². The minimum atomic E-state index is -0.188. The maximum absolute atomic E-state index is 11.1. The lowest BCUT2D eigenvalue weighted by Gasteiger charge is -2.26. The maximum atomic E-state index is 11.1. The molecule has 5 heteroatoms. The molecule has 2 rings (SSSR count). The summed E-state index contributed by atoms with van der Waals surface area (Å²) in [6, 6.07) is 8.04. The van der Waals surface area contributed by atoms with E-state index in [1.807, 2.05) is 18.2 Å². The van der Waals surface area contributed by atoms with Crippen molar-refractivity contribution in [2.45, 2.75) is 23.0 Å². The zero-order valence-electron chi connectivity index (χ0n) is 9.43. The number of fused-ring (bicyclic) bond motifs is 1. The summed E-state index contributed by atoms with van der Waals surface area (Å²) in [7, 11) is 1.40. The van der Waals surface area contributed by atoms with Crippen LogP contribution in [0.25, 0.3) is 0 Å². The highest BCUT2D eigenvalue weighted by Crippen LogP contribution is 2.37. The normalized spacial score (nSPS) is 18.2. The number of esters is 1. The number of thioether (sulfide) groups is 1. The summed E-state index contributed by atoms with van der Waals surface area (Å²) in [6.45, 7) is 0. The molecule has 3 nitrogen and oxygen atoms in total. The molecule has 1 atom stereocenters. The molecule has 0 saturated heterocycles. The molecule has 0 aliphatic carbocycles. The van der Waals surface area contributed by atoms with Crippen LogP contribution >= 0.6 is 24.0 Å². The number of nitrogens with one attached hydrogen (secondary N) is 1. The van der Waals surface area contributed by atoms with Gasteiger partial charge in [0.15, 0.2) is 0 Å². The van der Waals surface area contributed by atoms with Crippen molar-refractivity contribution >= 4 is 40.6 Å². The fraction of sp³-hybridized carbons (Fsp3) is 0.333. The average molecular weight is 267 g/mol. The van der Waals surface area contributed by atoms with E-state index in [1.54, 1.807) is 11.8 Å². The van der Waals surface area contributed by atoms with E-state index in [-0.39, 0.29) is 11.2 Å². The van der Waals surface area contributed by atoms with Gasteiger partial charge in [0.05, 0.1) is 23.0 Å². The Bertz CT molecular complexity index is 448. The van der Waals surface area contributed by atoms with Gasteiger partial charge in [-0.15, -0.1) is 11.8 Å². The van der Waals surface area contributed by atoms with Crippen molar-refractivity contribution in [3.8, 4) is 0 Å². The molecule has 1 N–H and O–H groups in total. The number of thiocarbonyl (C=S) groups is 1. The number of methoxy groups -OCH3 is 1. The van der Waals surface area contributed by atoms with E-state index >= 15 is 0 Å². The molecule has 0 amide bonds. The Labute approximate surface area is 110 Å². The molecule has 1 aromatic rings. The fourth-order valence-corrected chi connectivity index (χ4v) is 3.12. The number of benzene rings is 1. The van der Waals surface area contributed by atoms with Crippen LogP contribution in [0.3, 0.4) is 0 Å². The predicted molar refractivity (Wildman–Crippen MR) is 73.6 cm³/mol. The second kappa shape index (κ2) is 5.51. The monoisotopic (exact) mass is 267 g/mol. The number of ether oxygens (including phenoxy) is 1. The highest BCUT2D eigenvalue weighted by molar-refractivity contribution is 8.02. The minimum Gasteiger partial charge on any atom is -0.469 e. The molecule has 1 aliphatic rings. The predicted octanol–water partition coefficient (Wildman–Crippen LogP) is 2.85. The van der Waals surface area contributed by atoms with Crippen molar-refractivity contribution in [1.29, 1.82) is 0 Å². The first kappa shape index (κ1) is 12.4. The molecule has 0 spiro atoms. The number of carbonyl (C=O) groups excluding carboxylic acids is 1. The van der Waals surface area contributed by atoms with Gasteiger partial charge in [-0.25, -0.2) is 0 Å². The van der Waals surface area contributed by atoms with E-state index < -0.39 is 0 Å². The van der Waals surface area contributed by atoms with Crippen LogP contribution in [0.5, 0.6) is 0 Å². The first-order valence-corrected chi connectivity index (χ1v) is 6.63. The summed E-state index contributed by atoms with van der Waals surface area (Å²) in [6.07, 6.45) is 1.11. The largest absolute Gasteiger partial charge is 0.469 e. The number of rotatable bonds is 3. The molecule has 0 saturated carbocycles. The summed E-state index contributed by atoms with van der Waals surface area (Å²) in [5.74, 6) is -0.188. The van der Waals surface area contributed by atoms with E-state index in [4.69, 9.17) is 12.2 Å². The van der Waals surface area contributed by atoms with Gasteiger partial charge in [-0.2, -0.15) is 0 Å². The van der Waals surface area contributed by atoms with Crippen LogP contribution in [0, 0.1) is 0 Å². The van der Waals surface area contributed by atoms with Crippen LogP contribution in [0.15, 0.2) is 29.2 Å². The lowest BCUT2D eigenvalue weighted by molar-refractivity contribution is -0.140. The molecule has 0 fully saturated rings. The van der Waals surface area contributed by atoms with Crippen molar-refractivity contribution in [3.63, 3.8) is 0 Å². The molecule has 0 unspecified atom stereocenters. The van der Waals surface area contributed by atoms with Gasteiger partial charge >= 0.3 is 5.97 Å². The fourth-order valence-electron chi connectivity index (χ4n) is 1.63. The van der Waals surface area contributed by atoms with E-state index in [1.165, 1.54) is 12.0 Å². The van der Waals surface area contributed by atoms with Gasteiger partial charge < -0.3 is 10.1 Å². The third-order valence-electron chi connectivity index (χ3n) is 2.54. The van der Waals surface area contributed by atoms with Crippen LogP contribution in [0.2, 0.25) is 0 Å². The number of carbonyl (C=O) groups is 1. The van der Waals surface area contributed by atoms with Crippen LogP contribution in [-0.2, 0) is 9.53 Å². The Hall–Kier alpha value is -1.07. The molecule has 0 aromatic heterocycles. The Balaban J connectivity index is 2.02. The summed E-state index contributed by atoms with van der Waals surface area (Å²) in [5.41, 5.74) is 1.05. The third-order valence-corrected chi connectivity index (χ3v) is 4.45. The Morgan fingerprint density at radius 1 is 1.53 bits per heavy atom. The smallest absolute Gasteiger partial charge is 0.305 e. The van der Waals surface area contributed by atoms with Gasteiger partial charge in [-0.1, -0.05) is 24.4 Å². The molecular formula is C12H13NO2S2. The van der Waals surface area contributed by atoms with Crippen molar-refractivity contribution in [1.82, 2.24) is 0 Å². The first-order chi connectivity index (χ1) is 8.20. The van der Waals surface area contributed by atoms with E-state index in [9.17, 15) is 4.79 Å². The number of anilines is 1. The Kier molecular flexibility index (Phi) is 4.02. The molecule has 1 aromatic carbocycles. The lowest BCUT2D eigenvalue weighted by Crippen LogP contribution is -2.27. The number of para-hydroxylation sites is 1. The standard InChI is InChI=1S/C12H13NO2S2/c1-15-11(14)7-6-10-12(16)13-8-4-2-3-5-9(8)17-10/h2-5,10H,6-7H2,1H3,(H,13,16)/t10-/m0/s1. The van der Waals surface area contributed by atoms with Gasteiger partial charge in [-0.3, -0.25) is 4.79 Å². The van der Waals surface area contributed by atoms with Crippen LogP contribution in [0.1, 0.15) is 12.8 Å². The summed E-state index contributed by atoms with van der Waals surface area (Å²) in [4.78, 5) is 13.1. The summed E-state index contributed by atoms with van der Waals surface area (Å²) in [5, 5.41) is 3.36. The molecule has 90 valence electrons. The van der Waals surface area contributed by atoms with Gasteiger partial charge in [0.2, 0.25) is 0 Å². The van der Waals surface area contributed by atoms with Gasteiger partial charge in [0.1, 0.15) is 0 Å². The Morgan fingerprint density at radius 2 is 2.29 bits per heavy atom. The summed E-state index contributed by atoms with van der Waals surface area (Å²) >= 11 is 7.01. The number of hydrogen-bond donors (Lipinski definition) is 1. The first-order valence-electron chi connectivity index (χ1n) is 5.34. The van der Waals surface area contributed by atoms with Crippen molar-refractivity contribution in [3.05, 3.63) is 24.3 Å². The summed E-state index contributed by atoms with van der Waals surface area (Å²) < 4.78 is 4.63. The Morgan fingerprint density at radius 3 is 3.06 bits per heavy atom. The van der Waals surface area contributed by atoms with Gasteiger partial charge in [0.25, 0.3) is 0 Å². The van der Waals surface area contributed by atoms with Crippen molar-refractivity contribution < 1.29 is 9.53 Å². The van der Waals surface area contributed by atoms with E-state index in [0.29, 0.717) is 12.8 Å². The molecule has 17 heavy (non-hydrogen) atoms. The highest BCUT2D eigenvalue weighted by Gasteiger charge is 2.24. The second-order valence-electron chi connectivity index (χ2n) is 3.71. The van der Waals surface area contributed by atoms with Crippen LogP contribution in [-0.4, -0.2) is 23.3 Å².